The summed E-state index contributed by atoms with van der Waals surface area (Å²) in [4.78, 5) is 27.0. The Labute approximate surface area is 145 Å². The van der Waals surface area contributed by atoms with Gasteiger partial charge >= 0.3 is 6.09 Å². The van der Waals surface area contributed by atoms with E-state index in [0.29, 0.717) is 13.1 Å². The van der Waals surface area contributed by atoms with Crippen LogP contribution in [-0.2, 0) is 20.8 Å². The van der Waals surface area contributed by atoms with Crippen LogP contribution in [0.15, 0.2) is 29.2 Å². The zero-order valence-corrected chi connectivity index (χ0v) is 14.5. The van der Waals surface area contributed by atoms with Gasteiger partial charge in [-0.05, 0) is 36.8 Å². The minimum Gasteiger partial charge on any atom is -0.447 e. The first-order chi connectivity index (χ1) is 11.7. The molecule has 2 aliphatic rings. The number of hydrogen-bond acceptors (Lipinski definition) is 5. The van der Waals surface area contributed by atoms with Crippen molar-refractivity contribution in [1.82, 2.24) is 10.2 Å². The summed E-state index contributed by atoms with van der Waals surface area (Å²) in [6.07, 6.45) is 3.65. The molecule has 2 saturated heterocycles. The minimum absolute atomic E-state index is 0.0829. The molecule has 1 aromatic rings. The van der Waals surface area contributed by atoms with E-state index >= 15 is 0 Å². The highest BCUT2D eigenvalue weighted by Gasteiger charge is 2.38. The molecule has 1 aromatic carbocycles. The molecule has 0 aliphatic carbocycles. The standard InChI is InChI=1S/C17H22N2O4S/c1-24-14-6-4-12(5-7-14)10-19-15(11-23-17(19)21)16(20)18-9-13-3-2-8-22-13/h4-7,13,15H,2-3,8-11H2,1H3,(H,18,20)/t13?,15-/m0/s1. The molecule has 1 N–H and O–H groups in total. The van der Waals surface area contributed by atoms with Gasteiger partial charge in [-0.25, -0.2) is 4.79 Å². The van der Waals surface area contributed by atoms with E-state index in [1.165, 1.54) is 4.90 Å². The second-order valence-corrected chi connectivity index (χ2v) is 6.83. The largest absolute Gasteiger partial charge is 0.447 e. The first kappa shape index (κ1) is 17.1. The van der Waals surface area contributed by atoms with Gasteiger partial charge in [-0.15, -0.1) is 11.8 Å². The Morgan fingerprint density at radius 2 is 2.17 bits per heavy atom. The molecule has 0 radical (unpaired) electrons. The van der Waals surface area contributed by atoms with Crippen LogP contribution < -0.4 is 5.32 Å². The van der Waals surface area contributed by atoms with Gasteiger partial charge in [-0.3, -0.25) is 9.69 Å². The van der Waals surface area contributed by atoms with E-state index in [-0.39, 0.29) is 18.6 Å². The number of cyclic esters (lactones) is 1. The van der Waals surface area contributed by atoms with Crippen molar-refractivity contribution in [1.29, 1.82) is 0 Å². The molecule has 0 aromatic heterocycles. The first-order valence-electron chi connectivity index (χ1n) is 8.13. The Hall–Kier alpha value is -1.73. The third kappa shape index (κ3) is 4.02. The molecule has 6 nitrogen and oxygen atoms in total. The van der Waals surface area contributed by atoms with E-state index in [4.69, 9.17) is 9.47 Å². The predicted molar refractivity (Wildman–Crippen MR) is 90.9 cm³/mol. The molecule has 24 heavy (non-hydrogen) atoms. The summed E-state index contributed by atoms with van der Waals surface area (Å²) in [6.45, 7) is 1.70. The van der Waals surface area contributed by atoms with Crippen molar-refractivity contribution in [2.24, 2.45) is 0 Å². The first-order valence-corrected chi connectivity index (χ1v) is 9.35. The highest BCUT2D eigenvalue weighted by Crippen LogP contribution is 2.20. The number of ether oxygens (including phenoxy) is 2. The second kappa shape index (κ2) is 7.90. The molecule has 2 aliphatic heterocycles. The predicted octanol–water partition coefficient (Wildman–Crippen LogP) is 2.02. The second-order valence-electron chi connectivity index (χ2n) is 5.95. The topological polar surface area (TPSA) is 67.9 Å². The van der Waals surface area contributed by atoms with Gasteiger partial charge in [-0.2, -0.15) is 0 Å². The summed E-state index contributed by atoms with van der Waals surface area (Å²) in [6, 6.07) is 7.37. The molecule has 3 rings (SSSR count). The number of rotatable bonds is 6. The third-order valence-electron chi connectivity index (χ3n) is 4.32. The van der Waals surface area contributed by atoms with Crippen LogP contribution in [0, 0.1) is 0 Å². The summed E-state index contributed by atoms with van der Waals surface area (Å²) in [5, 5.41) is 2.88. The fourth-order valence-electron chi connectivity index (χ4n) is 2.91. The van der Waals surface area contributed by atoms with Gasteiger partial charge in [0.1, 0.15) is 12.6 Å². The number of amides is 2. The normalized spacial score (nSPS) is 23.4. The summed E-state index contributed by atoms with van der Waals surface area (Å²) in [5.74, 6) is -0.183. The van der Waals surface area contributed by atoms with Crippen molar-refractivity contribution in [2.75, 3.05) is 26.0 Å². The third-order valence-corrected chi connectivity index (χ3v) is 5.06. The zero-order chi connectivity index (χ0) is 16.9. The molecule has 2 heterocycles. The van der Waals surface area contributed by atoms with E-state index in [1.807, 2.05) is 30.5 Å². The molecular formula is C17H22N2O4S. The fraction of sp³-hybridized carbons (Fsp3) is 0.529. The molecule has 0 bridgehead atoms. The van der Waals surface area contributed by atoms with E-state index < -0.39 is 12.1 Å². The Kier molecular flexibility index (Phi) is 5.63. The fourth-order valence-corrected chi connectivity index (χ4v) is 3.32. The molecule has 0 spiro atoms. The maximum atomic E-state index is 12.4. The summed E-state index contributed by atoms with van der Waals surface area (Å²) in [7, 11) is 0. The van der Waals surface area contributed by atoms with Crippen molar-refractivity contribution in [3.63, 3.8) is 0 Å². The van der Waals surface area contributed by atoms with Crippen LogP contribution >= 0.6 is 11.8 Å². The van der Waals surface area contributed by atoms with Crippen molar-refractivity contribution < 1.29 is 19.1 Å². The van der Waals surface area contributed by atoms with Crippen molar-refractivity contribution >= 4 is 23.8 Å². The Morgan fingerprint density at radius 3 is 2.83 bits per heavy atom. The average Bonchev–Trinajstić information content (AvgIpc) is 3.24. The number of thioether (sulfide) groups is 1. The van der Waals surface area contributed by atoms with Crippen molar-refractivity contribution in [2.45, 2.75) is 36.4 Å². The van der Waals surface area contributed by atoms with E-state index in [1.54, 1.807) is 11.8 Å². The summed E-state index contributed by atoms with van der Waals surface area (Å²) < 4.78 is 10.6. The Bertz CT molecular complexity index is 587. The number of benzene rings is 1. The smallest absolute Gasteiger partial charge is 0.410 e. The van der Waals surface area contributed by atoms with Crippen LogP contribution in [-0.4, -0.2) is 55.1 Å². The maximum Gasteiger partial charge on any atom is 0.410 e. The number of nitrogens with one attached hydrogen (secondary N) is 1. The van der Waals surface area contributed by atoms with Crippen LogP contribution in [0.1, 0.15) is 18.4 Å². The molecule has 2 atom stereocenters. The van der Waals surface area contributed by atoms with Gasteiger partial charge in [-0.1, -0.05) is 12.1 Å². The van der Waals surface area contributed by atoms with Gasteiger partial charge in [0.2, 0.25) is 5.91 Å². The lowest BCUT2D eigenvalue weighted by Crippen LogP contribution is -2.47. The lowest BCUT2D eigenvalue weighted by molar-refractivity contribution is -0.125. The lowest BCUT2D eigenvalue weighted by Gasteiger charge is -2.21. The van der Waals surface area contributed by atoms with Crippen LogP contribution in [0.4, 0.5) is 4.79 Å². The van der Waals surface area contributed by atoms with Gasteiger partial charge in [0.05, 0.1) is 12.6 Å². The van der Waals surface area contributed by atoms with Crippen molar-refractivity contribution in [3.8, 4) is 0 Å². The minimum atomic E-state index is -0.584. The molecular weight excluding hydrogens is 328 g/mol. The van der Waals surface area contributed by atoms with Crippen LogP contribution in [0.5, 0.6) is 0 Å². The van der Waals surface area contributed by atoms with Crippen LogP contribution in [0.25, 0.3) is 0 Å². The van der Waals surface area contributed by atoms with Crippen LogP contribution in [0.3, 0.4) is 0 Å². The van der Waals surface area contributed by atoms with E-state index in [2.05, 4.69) is 5.32 Å². The zero-order valence-electron chi connectivity index (χ0n) is 13.7. The van der Waals surface area contributed by atoms with E-state index in [0.717, 1.165) is 29.9 Å². The van der Waals surface area contributed by atoms with Crippen LogP contribution in [0.2, 0.25) is 0 Å². The maximum absolute atomic E-state index is 12.4. The van der Waals surface area contributed by atoms with Gasteiger partial charge in [0, 0.05) is 18.0 Å². The molecule has 0 saturated carbocycles. The average molecular weight is 350 g/mol. The number of hydrogen-bond donors (Lipinski definition) is 1. The Balaban J connectivity index is 1.59. The SMILES string of the molecule is CSc1ccc(CN2C(=O)OC[C@H]2C(=O)NCC2CCCO2)cc1. The summed E-state index contributed by atoms with van der Waals surface area (Å²) in [5.41, 5.74) is 0.976. The van der Waals surface area contributed by atoms with E-state index in [9.17, 15) is 9.59 Å². The molecule has 1 unspecified atom stereocenters. The van der Waals surface area contributed by atoms with Crippen molar-refractivity contribution in [3.05, 3.63) is 29.8 Å². The highest BCUT2D eigenvalue weighted by atomic mass is 32.2. The molecule has 2 fully saturated rings. The van der Waals surface area contributed by atoms with Gasteiger partial charge in [0.15, 0.2) is 0 Å². The van der Waals surface area contributed by atoms with Gasteiger partial charge < -0.3 is 14.8 Å². The number of nitrogens with zero attached hydrogens (tertiary/aromatic N) is 1. The molecule has 7 heteroatoms. The quantitative estimate of drug-likeness (QED) is 0.795. The monoisotopic (exact) mass is 350 g/mol. The summed E-state index contributed by atoms with van der Waals surface area (Å²) >= 11 is 1.66. The molecule has 130 valence electrons. The number of carbonyl (C=O) groups excluding carboxylic acids is 2. The van der Waals surface area contributed by atoms with Gasteiger partial charge in [0.25, 0.3) is 0 Å². The molecule has 2 amide bonds. The number of carbonyl (C=O) groups is 2. The lowest BCUT2D eigenvalue weighted by atomic mass is 10.2. The Morgan fingerprint density at radius 1 is 1.38 bits per heavy atom. The highest BCUT2D eigenvalue weighted by molar-refractivity contribution is 7.98.